The highest BCUT2D eigenvalue weighted by atomic mass is 32.2. The molecule has 65 heavy (non-hydrogen) atoms. The number of piperazine rings is 1. The third-order valence-corrected chi connectivity index (χ3v) is 16.5. The van der Waals surface area contributed by atoms with E-state index in [-0.39, 0.29) is 17.4 Å². The highest BCUT2D eigenvalue weighted by molar-refractivity contribution is 7.99. The van der Waals surface area contributed by atoms with Crippen LogP contribution in [0.1, 0.15) is 82.0 Å². The molecule has 2 fully saturated rings. The average Bonchev–Trinajstić information content (AvgIpc) is 3.26. The van der Waals surface area contributed by atoms with Gasteiger partial charge in [0.05, 0.1) is 16.7 Å². The van der Waals surface area contributed by atoms with Gasteiger partial charge in [-0.2, -0.15) is 13.2 Å². The van der Waals surface area contributed by atoms with Crippen molar-refractivity contribution in [2.75, 3.05) is 68.3 Å². The molecule has 19 heteroatoms. The lowest BCUT2D eigenvalue weighted by Gasteiger charge is -2.39. The van der Waals surface area contributed by atoms with Crippen LogP contribution in [0, 0.1) is 5.41 Å². The lowest BCUT2D eigenvalue weighted by Crippen LogP contribution is -2.47. The number of alkyl halides is 5. The number of carbonyl (C=O) groups excluding carboxylic acids is 1. The van der Waals surface area contributed by atoms with Gasteiger partial charge in [0.15, 0.2) is 0 Å². The average molecular weight is 970 g/mol. The molecular weight excluding hydrogens is 910 g/mol. The molecule has 3 aromatic rings. The molecule has 2 heterocycles. The van der Waals surface area contributed by atoms with Gasteiger partial charge in [0.25, 0.3) is 25.8 Å². The summed E-state index contributed by atoms with van der Waals surface area (Å²) in [5.41, 5.74) is -2.62. The van der Waals surface area contributed by atoms with Crippen LogP contribution in [-0.2, 0) is 19.9 Å². The maximum Gasteiger partial charge on any atom is 0.501 e. The Morgan fingerprint density at radius 1 is 0.877 bits per heavy atom. The van der Waals surface area contributed by atoms with Crippen molar-refractivity contribution in [2.24, 2.45) is 5.41 Å². The second-order valence-corrected chi connectivity index (χ2v) is 22.7. The largest absolute Gasteiger partial charge is 0.501 e. The maximum atomic E-state index is 14.2. The number of nitrogens with zero attached hydrogens (tertiary/aromatic N) is 3. The van der Waals surface area contributed by atoms with Gasteiger partial charge >= 0.3 is 5.51 Å². The third-order valence-electron chi connectivity index (χ3n) is 12.5. The van der Waals surface area contributed by atoms with Crippen LogP contribution in [0.3, 0.4) is 0 Å². The van der Waals surface area contributed by atoms with Crippen molar-refractivity contribution in [1.29, 1.82) is 0 Å². The number of nitrogens with one attached hydrogen (secondary N) is 2. The van der Waals surface area contributed by atoms with Crippen molar-refractivity contribution >= 4 is 48.9 Å². The number of hydrogen-bond acceptors (Lipinski definition) is 11. The number of benzene rings is 3. The third kappa shape index (κ3) is 14.1. The number of anilines is 2. The van der Waals surface area contributed by atoms with E-state index < -0.39 is 65.3 Å². The number of carbonyl (C=O) groups is 1. The first-order valence-corrected chi connectivity index (χ1v) is 26.1. The smallest absolute Gasteiger partial charge is 0.393 e. The van der Waals surface area contributed by atoms with Crippen molar-refractivity contribution in [3.8, 4) is 0 Å². The van der Waals surface area contributed by atoms with E-state index in [1.165, 1.54) is 35.0 Å². The molecular formula is C46H60F5N5O6S3. The second-order valence-electron chi connectivity index (χ2n) is 18.0. The number of likely N-dealkylation sites (tertiary alicyclic amines) is 1. The summed E-state index contributed by atoms with van der Waals surface area (Å²) in [7, 11) is -11.0. The number of halogens is 5. The van der Waals surface area contributed by atoms with Crippen LogP contribution < -0.4 is 14.9 Å². The number of sulfone groups is 1. The number of thioether (sulfide) groups is 1. The molecule has 2 saturated heterocycles. The molecule has 0 aromatic heterocycles. The highest BCUT2D eigenvalue weighted by Crippen LogP contribution is 2.41. The number of amides is 1. The van der Waals surface area contributed by atoms with Gasteiger partial charge in [-0.05, 0) is 111 Å². The Hall–Kier alpha value is -3.75. The molecule has 1 atom stereocenters. The van der Waals surface area contributed by atoms with Crippen molar-refractivity contribution in [2.45, 2.75) is 110 Å². The predicted octanol–water partition coefficient (Wildman–Crippen LogP) is 8.58. The maximum absolute atomic E-state index is 14.2. The first-order valence-electron chi connectivity index (χ1n) is 22.1. The molecule has 2 aliphatic heterocycles. The molecule has 3 aliphatic rings. The number of piperidine rings is 1. The molecule has 3 aromatic carbocycles. The molecule has 0 unspecified atom stereocenters. The highest BCUT2D eigenvalue weighted by Gasteiger charge is 2.48. The molecule has 0 radical (unpaired) electrons. The van der Waals surface area contributed by atoms with Gasteiger partial charge in [-0.25, -0.2) is 30.3 Å². The van der Waals surface area contributed by atoms with Gasteiger partial charge in [-0.1, -0.05) is 43.2 Å². The van der Waals surface area contributed by atoms with E-state index in [9.17, 15) is 48.7 Å². The fourth-order valence-electron chi connectivity index (χ4n) is 8.63. The van der Waals surface area contributed by atoms with Crippen LogP contribution in [0.4, 0.5) is 33.3 Å². The van der Waals surface area contributed by atoms with Gasteiger partial charge in [-0.3, -0.25) is 9.69 Å². The molecule has 0 saturated carbocycles. The number of hydrogen-bond donors (Lipinski definition) is 3. The first kappa shape index (κ1) is 50.7. The second kappa shape index (κ2) is 21.9. The van der Waals surface area contributed by atoms with E-state index in [0.29, 0.717) is 76.6 Å². The van der Waals surface area contributed by atoms with E-state index in [4.69, 9.17) is 0 Å². The summed E-state index contributed by atoms with van der Waals surface area (Å²) in [6, 6.07) is 17.3. The van der Waals surface area contributed by atoms with Gasteiger partial charge in [0, 0.05) is 86.7 Å². The predicted molar refractivity (Wildman–Crippen MR) is 245 cm³/mol. The monoisotopic (exact) mass is 969 g/mol. The minimum atomic E-state index is -6.08. The van der Waals surface area contributed by atoms with Gasteiger partial charge in [0.1, 0.15) is 4.90 Å². The lowest BCUT2D eigenvalue weighted by molar-refractivity contribution is -0.0436. The molecule has 11 nitrogen and oxygen atoms in total. The zero-order valence-corrected chi connectivity index (χ0v) is 39.3. The molecule has 1 aliphatic carbocycles. The number of rotatable bonds is 19. The molecule has 3 N–H and O–H groups in total. The standard InChI is InChI=1S/C46H60F5N5O6S3/c1-45(2)21-17-35(34(30-45)7-6-10-43(47)48)31-55-25-27-56(28-26-55)37-13-11-33(12-14-37)44(58)53-65(61,62)40-15-16-41(42(29-40)64(59,60)46(49,50)51)52-36(32-63-39-8-4-3-5-9-39)18-22-54-23-19-38(57)20-24-54/h3-5,8-9,11-16,29,36,38,43,52,57H,6-7,10,17-28,30-32H2,1-2H3,(H,53,58)/t36-/m1/s1. The summed E-state index contributed by atoms with van der Waals surface area (Å²) in [5, 5.41) is 12.9. The fraction of sp³-hybridized carbons (Fsp3) is 0.543. The SMILES string of the molecule is CC1(C)CCC(CN2CCN(c3ccc(C(=O)NS(=O)(=O)c4ccc(N[C@H](CCN5CCC(O)CC5)CSc5ccccc5)c(S(=O)(=O)C(F)(F)F)c4)cc3)CC2)=C(CCCC(F)F)C1. The Morgan fingerprint density at radius 2 is 1.55 bits per heavy atom. The van der Waals surface area contributed by atoms with Crippen LogP contribution in [0.25, 0.3) is 0 Å². The van der Waals surface area contributed by atoms with Gasteiger partial charge in [-0.15, -0.1) is 11.8 Å². The summed E-state index contributed by atoms with van der Waals surface area (Å²) >= 11 is 1.42. The fourth-order valence-corrected chi connectivity index (χ4v) is 11.6. The van der Waals surface area contributed by atoms with Crippen LogP contribution in [0.5, 0.6) is 0 Å². The van der Waals surface area contributed by atoms with Crippen LogP contribution in [-0.4, -0.2) is 120 Å². The topological polar surface area (TPSA) is 139 Å². The van der Waals surface area contributed by atoms with Crippen molar-refractivity contribution in [1.82, 2.24) is 14.5 Å². The zero-order valence-electron chi connectivity index (χ0n) is 36.8. The summed E-state index contributed by atoms with van der Waals surface area (Å²) in [5.74, 6) is -0.718. The summed E-state index contributed by atoms with van der Waals surface area (Å²) in [6.45, 7) is 9.91. The van der Waals surface area contributed by atoms with E-state index in [0.717, 1.165) is 61.6 Å². The van der Waals surface area contributed by atoms with Gasteiger partial charge in [0.2, 0.25) is 6.43 Å². The molecule has 6 rings (SSSR count). The normalized spacial score (nSPS) is 18.8. The van der Waals surface area contributed by atoms with E-state index in [2.05, 4.69) is 33.9 Å². The van der Waals surface area contributed by atoms with Crippen molar-refractivity contribution < 1.29 is 48.7 Å². The van der Waals surface area contributed by atoms with E-state index in [1.54, 1.807) is 12.1 Å². The summed E-state index contributed by atoms with van der Waals surface area (Å²) < 4.78 is 123. The van der Waals surface area contributed by atoms with Crippen molar-refractivity contribution in [3.63, 3.8) is 0 Å². The molecule has 358 valence electrons. The summed E-state index contributed by atoms with van der Waals surface area (Å²) in [4.78, 5) is 18.7. The van der Waals surface area contributed by atoms with Crippen molar-refractivity contribution in [3.05, 3.63) is 89.5 Å². The minimum Gasteiger partial charge on any atom is -0.393 e. The lowest BCUT2D eigenvalue weighted by atomic mass is 9.73. The number of aliphatic hydroxyl groups is 1. The Bertz CT molecular complexity index is 2320. The Morgan fingerprint density at radius 3 is 2.20 bits per heavy atom. The zero-order chi connectivity index (χ0) is 47.0. The first-order chi connectivity index (χ1) is 30.7. The Labute approximate surface area is 384 Å². The van der Waals surface area contributed by atoms with Gasteiger partial charge < -0.3 is 20.2 Å². The number of sulfonamides is 1. The Balaban J connectivity index is 1.11. The van der Waals surface area contributed by atoms with Crippen LogP contribution >= 0.6 is 11.8 Å². The molecule has 0 bridgehead atoms. The quantitative estimate of drug-likeness (QED) is 0.0605. The molecule has 0 spiro atoms. The van der Waals surface area contributed by atoms with E-state index in [1.807, 2.05) is 35.1 Å². The van der Waals surface area contributed by atoms with E-state index >= 15 is 0 Å². The Kier molecular flexibility index (Phi) is 17.1. The number of aliphatic hydroxyl groups excluding tert-OH is 1. The minimum absolute atomic E-state index is 0.0362. The molecule has 1 amide bonds. The summed E-state index contributed by atoms with van der Waals surface area (Å²) in [6.07, 6.45) is 2.86. The van der Waals surface area contributed by atoms with Crippen LogP contribution in [0.15, 0.2) is 98.6 Å². The number of allylic oxidation sites excluding steroid dienone is 1. The van der Waals surface area contributed by atoms with Crippen LogP contribution in [0.2, 0.25) is 0 Å².